The number of anilines is 2. The van der Waals surface area contributed by atoms with Crippen molar-refractivity contribution in [1.29, 1.82) is 0 Å². The highest BCUT2D eigenvalue weighted by Crippen LogP contribution is 2.35. The maximum atomic E-state index is 12.2. The molecule has 3 rings (SSSR count). The molecule has 2 N–H and O–H groups in total. The van der Waals surface area contributed by atoms with Gasteiger partial charge in [0.05, 0.1) is 17.3 Å². The number of nitrogens with zero attached hydrogens (tertiary/aromatic N) is 2. The van der Waals surface area contributed by atoms with E-state index in [-0.39, 0.29) is 24.2 Å². The van der Waals surface area contributed by atoms with Crippen molar-refractivity contribution in [3.63, 3.8) is 0 Å². The van der Waals surface area contributed by atoms with Crippen molar-refractivity contribution in [3.8, 4) is 0 Å². The molecule has 0 saturated carbocycles. The van der Waals surface area contributed by atoms with E-state index in [1.54, 1.807) is 4.90 Å². The molecule has 2 amide bonds. The third kappa shape index (κ3) is 2.24. The van der Waals surface area contributed by atoms with Crippen molar-refractivity contribution in [2.45, 2.75) is 19.3 Å². The van der Waals surface area contributed by atoms with Crippen LogP contribution in [0, 0.1) is 5.92 Å². The highest BCUT2D eigenvalue weighted by Gasteiger charge is 2.35. The Morgan fingerprint density at radius 2 is 1.80 bits per heavy atom. The van der Waals surface area contributed by atoms with Gasteiger partial charge in [-0.1, -0.05) is 12.1 Å². The summed E-state index contributed by atoms with van der Waals surface area (Å²) in [5.41, 5.74) is 7.32. The second-order valence-corrected chi connectivity index (χ2v) is 5.49. The molecule has 2 saturated heterocycles. The minimum absolute atomic E-state index is 0.0135. The first-order chi connectivity index (χ1) is 9.66. The molecular weight excluding hydrogens is 254 g/mol. The summed E-state index contributed by atoms with van der Waals surface area (Å²) in [6.07, 6.45) is 2.60. The third-order valence-electron chi connectivity index (χ3n) is 4.15. The molecule has 106 valence electrons. The van der Waals surface area contributed by atoms with E-state index in [1.165, 1.54) is 12.8 Å². The van der Waals surface area contributed by atoms with Crippen molar-refractivity contribution < 1.29 is 9.59 Å². The van der Waals surface area contributed by atoms with Crippen LogP contribution in [0.1, 0.15) is 19.3 Å². The van der Waals surface area contributed by atoms with E-state index in [1.807, 2.05) is 24.3 Å². The molecule has 2 aliphatic heterocycles. The largest absolute Gasteiger partial charge is 0.370 e. The molecule has 0 bridgehead atoms. The Morgan fingerprint density at radius 3 is 2.40 bits per heavy atom. The van der Waals surface area contributed by atoms with E-state index in [9.17, 15) is 9.59 Å². The van der Waals surface area contributed by atoms with Crippen LogP contribution in [0.15, 0.2) is 24.3 Å². The standard InChI is InChI=1S/C15H19N3O2/c16-15(20)11-9-14(19)18(10-11)13-6-2-1-5-12(13)17-7-3-4-8-17/h1-2,5-6,11H,3-4,7-10H2,(H2,16,20). The van der Waals surface area contributed by atoms with Gasteiger partial charge in [-0.2, -0.15) is 0 Å². The second kappa shape index (κ2) is 5.15. The maximum Gasteiger partial charge on any atom is 0.227 e. The maximum absolute atomic E-state index is 12.2. The van der Waals surface area contributed by atoms with Crippen LogP contribution in [-0.4, -0.2) is 31.4 Å². The number of nitrogens with two attached hydrogens (primary N) is 1. The SMILES string of the molecule is NC(=O)C1CC(=O)N(c2ccccc2N2CCCC2)C1. The molecule has 0 spiro atoms. The molecule has 5 nitrogen and oxygen atoms in total. The monoisotopic (exact) mass is 273 g/mol. The fourth-order valence-electron chi connectivity index (χ4n) is 3.05. The van der Waals surface area contributed by atoms with Gasteiger partial charge >= 0.3 is 0 Å². The van der Waals surface area contributed by atoms with E-state index >= 15 is 0 Å². The zero-order chi connectivity index (χ0) is 14.1. The van der Waals surface area contributed by atoms with Crippen molar-refractivity contribution in [3.05, 3.63) is 24.3 Å². The Kier molecular flexibility index (Phi) is 3.34. The van der Waals surface area contributed by atoms with Crippen LogP contribution in [0.2, 0.25) is 0 Å². The van der Waals surface area contributed by atoms with Gasteiger partial charge in [0.25, 0.3) is 0 Å². The lowest BCUT2D eigenvalue weighted by molar-refractivity contribution is -0.123. The summed E-state index contributed by atoms with van der Waals surface area (Å²) in [7, 11) is 0. The number of carbonyl (C=O) groups is 2. The van der Waals surface area contributed by atoms with Crippen molar-refractivity contribution in [1.82, 2.24) is 0 Å². The molecule has 0 aromatic heterocycles. The van der Waals surface area contributed by atoms with Gasteiger partial charge in [-0.05, 0) is 25.0 Å². The van der Waals surface area contributed by atoms with Gasteiger partial charge in [-0.25, -0.2) is 0 Å². The van der Waals surface area contributed by atoms with Crippen LogP contribution in [0.4, 0.5) is 11.4 Å². The van der Waals surface area contributed by atoms with E-state index in [0.717, 1.165) is 24.5 Å². The Morgan fingerprint density at radius 1 is 1.15 bits per heavy atom. The molecule has 20 heavy (non-hydrogen) atoms. The van der Waals surface area contributed by atoms with Gasteiger partial charge in [0.2, 0.25) is 11.8 Å². The van der Waals surface area contributed by atoms with Gasteiger partial charge in [-0.3, -0.25) is 9.59 Å². The quantitative estimate of drug-likeness (QED) is 0.897. The number of primary amides is 1. The van der Waals surface area contributed by atoms with Crippen LogP contribution in [0.25, 0.3) is 0 Å². The molecule has 1 unspecified atom stereocenters. The predicted molar refractivity (Wildman–Crippen MR) is 77.5 cm³/mol. The Balaban J connectivity index is 1.90. The van der Waals surface area contributed by atoms with Gasteiger partial charge in [0, 0.05) is 26.1 Å². The minimum Gasteiger partial charge on any atom is -0.370 e. The fourth-order valence-corrected chi connectivity index (χ4v) is 3.05. The highest BCUT2D eigenvalue weighted by molar-refractivity contribution is 6.02. The molecular formula is C15H19N3O2. The lowest BCUT2D eigenvalue weighted by Gasteiger charge is -2.26. The number of carbonyl (C=O) groups excluding carboxylic acids is 2. The molecule has 5 heteroatoms. The normalized spacial score (nSPS) is 22.6. The number of hydrogen-bond acceptors (Lipinski definition) is 3. The number of hydrogen-bond donors (Lipinski definition) is 1. The number of benzene rings is 1. The number of para-hydroxylation sites is 2. The lowest BCUT2D eigenvalue weighted by atomic mass is 10.1. The molecule has 0 radical (unpaired) electrons. The third-order valence-corrected chi connectivity index (χ3v) is 4.15. The van der Waals surface area contributed by atoms with E-state index in [4.69, 9.17) is 5.73 Å². The molecule has 1 aromatic carbocycles. The topological polar surface area (TPSA) is 66.6 Å². The fraction of sp³-hybridized carbons (Fsp3) is 0.467. The van der Waals surface area contributed by atoms with Crippen LogP contribution < -0.4 is 15.5 Å². The summed E-state index contributed by atoms with van der Waals surface area (Å²) in [5, 5.41) is 0. The van der Waals surface area contributed by atoms with Crippen LogP contribution in [0.5, 0.6) is 0 Å². The van der Waals surface area contributed by atoms with Crippen LogP contribution in [0.3, 0.4) is 0 Å². The first kappa shape index (κ1) is 13.0. The van der Waals surface area contributed by atoms with Gasteiger partial charge in [0.15, 0.2) is 0 Å². The zero-order valence-electron chi connectivity index (χ0n) is 11.4. The summed E-state index contributed by atoms with van der Waals surface area (Å²) in [6, 6.07) is 7.92. The molecule has 1 atom stereocenters. The Hall–Kier alpha value is -2.04. The Labute approximate surface area is 118 Å². The molecule has 2 heterocycles. The van der Waals surface area contributed by atoms with Crippen LogP contribution in [-0.2, 0) is 9.59 Å². The summed E-state index contributed by atoms with van der Waals surface area (Å²) in [4.78, 5) is 27.5. The summed E-state index contributed by atoms with van der Waals surface area (Å²) < 4.78 is 0. The highest BCUT2D eigenvalue weighted by atomic mass is 16.2. The molecule has 0 aliphatic carbocycles. The first-order valence-electron chi connectivity index (χ1n) is 7.10. The average Bonchev–Trinajstić information content (AvgIpc) is 3.08. The smallest absolute Gasteiger partial charge is 0.227 e. The summed E-state index contributed by atoms with van der Waals surface area (Å²) >= 11 is 0. The van der Waals surface area contributed by atoms with Gasteiger partial charge in [0.1, 0.15) is 0 Å². The van der Waals surface area contributed by atoms with Crippen molar-refractivity contribution in [2.75, 3.05) is 29.4 Å². The first-order valence-corrected chi connectivity index (χ1v) is 7.10. The lowest BCUT2D eigenvalue weighted by Crippen LogP contribution is -2.30. The molecule has 2 fully saturated rings. The van der Waals surface area contributed by atoms with Crippen LogP contribution >= 0.6 is 0 Å². The zero-order valence-corrected chi connectivity index (χ0v) is 11.4. The minimum atomic E-state index is -0.389. The van der Waals surface area contributed by atoms with Crippen molar-refractivity contribution in [2.24, 2.45) is 11.7 Å². The summed E-state index contributed by atoms with van der Waals surface area (Å²) in [6.45, 7) is 2.45. The van der Waals surface area contributed by atoms with Crippen molar-refractivity contribution >= 4 is 23.2 Å². The number of rotatable bonds is 3. The van der Waals surface area contributed by atoms with E-state index in [0.29, 0.717) is 6.54 Å². The second-order valence-electron chi connectivity index (χ2n) is 5.49. The van der Waals surface area contributed by atoms with Gasteiger partial charge < -0.3 is 15.5 Å². The van der Waals surface area contributed by atoms with Gasteiger partial charge in [-0.15, -0.1) is 0 Å². The average molecular weight is 273 g/mol. The predicted octanol–water partition coefficient (Wildman–Crippen LogP) is 1.12. The Bertz CT molecular complexity index is 538. The molecule has 1 aromatic rings. The van der Waals surface area contributed by atoms with E-state index < -0.39 is 0 Å². The molecule has 2 aliphatic rings. The summed E-state index contributed by atoms with van der Waals surface area (Å²) in [5.74, 6) is -0.769. The van der Waals surface area contributed by atoms with E-state index in [2.05, 4.69) is 4.90 Å². The number of amides is 2.